The molecule has 1 nitrogen and oxygen atoms in total. The van der Waals surface area contributed by atoms with Crippen LogP contribution in [0.3, 0.4) is 0 Å². The van der Waals surface area contributed by atoms with Gasteiger partial charge in [0.05, 0.1) is 0 Å². The van der Waals surface area contributed by atoms with Crippen molar-refractivity contribution in [3.63, 3.8) is 0 Å². The van der Waals surface area contributed by atoms with Gasteiger partial charge < -0.3 is 5.32 Å². The molecule has 0 radical (unpaired) electrons. The Balaban J connectivity index is 1.68. The summed E-state index contributed by atoms with van der Waals surface area (Å²) in [4.78, 5) is 0. The fourth-order valence-electron chi connectivity index (χ4n) is 5.42. The zero-order valence-electron chi connectivity index (χ0n) is 23.9. The summed E-state index contributed by atoms with van der Waals surface area (Å²) in [6, 6.07) is 31.4. The zero-order valence-corrected chi connectivity index (χ0v) is 23.9. The topological polar surface area (TPSA) is 12.0 Å². The molecule has 0 saturated heterocycles. The van der Waals surface area contributed by atoms with E-state index in [1.54, 1.807) is 0 Å². The first kappa shape index (κ1) is 27.5. The number of hydrogen-bond acceptors (Lipinski definition) is 1. The third-order valence-corrected chi connectivity index (χ3v) is 7.22. The molecule has 1 N–H and O–H groups in total. The predicted octanol–water partition coefficient (Wildman–Crippen LogP) is 10.5. The van der Waals surface area contributed by atoms with Crippen LogP contribution in [0.1, 0.15) is 84.5 Å². The van der Waals surface area contributed by atoms with Crippen LogP contribution in [0.5, 0.6) is 0 Å². The number of rotatable bonds is 11. The summed E-state index contributed by atoms with van der Waals surface area (Å²) in [5.41, 5.74) is 14.4. The van der Waals surface area contributed by atoms with Crippen molar-refractivity contribution in [3.05, 3.63) is 129 Å². The fraction of sp³-hybridized carbons (Fsp3) is 0.297. The van der Waals surface area contributed by atoms with E-state index in [0.29, 0.717) is 0 Å². The maximum absolute atomic E-state index is 3.68. The van der Waals surface area contributed by atoms with Crippen molar-refractivity contribution in [2.45, 2.75) is 73.1 Å². The maximum atomic E-state index is 3.68. The summed E-state index contributed by atoms with van der Waals surface area (Å²) >= 11 is 0. The first-order valence-corrected chi connectivity index (χ1v) is 14.4. The van der Waals surface area contributed by atoms with E-state index in [0.717, 1.165) is 31.4 Å². The largest absolute Gasteiger partial charge is 0.355 e. The second-order valence-corrected chi connectivity index (χ2v) is 10.5. The summed E-state index contributed by atoms with van der Waals surface area (Å²) in [6.45, 7) is 11.2. The lowest BCUT2D eigenvalue weighted by atomic mass is 9.89. The molecule has 0 bridgehead atoms. The standard InChI is InChI=1S/C37H43N/c1-6-12-29-19-22-35(33(25-29)14-8-3)36(32-15-10-9-11-16-32)26-30-17-20-34(21-18-30)38-37-27(4)23-31(13-7-2)24-28(37)5/h9-11,15-26,38H,6-8,12-14H2,1-5H3/b36-26+. The Morgan fingerprint density at radius 1 is 0.658 bits per heavy atom. The van der Waals surface area contributed by atoms with Gasteiger partial charge in [0, 0.05) is 11.4 Å². The van der Waals surface area contributed by atoms with Crippen LogP contribution in [0.4, 0.5) is 11.4 Å². The van der Waals surface area contributed by atoms with Crippen molar-refractivity contribution < 1.29 is 0 Å². The van der Waals surface area contributed by atoms with Gasteiger partial charge in [-0.2, -0.15) is 0 Å². The highest BCUT2D eigenvalue weighted by Crippen LogP contribution is 2.32. The van der Waals surface area contributed by atoms with Crippen LogP contribution in [0.2, 0.25) is 0 Å². The molecule has 4 aromatic carbocycles. The Morgan fingerprint density at radius 2 is 1.29 bits per heavy atom. The normalized spacial score (nSPS) is 11.6. The summed E-state index contributed by atoms with van der Waals surface area (Å²) in [6.07, 6.45) is 9.20. The minimum absolute atomic E-state index is 1.09. The van der Waals surface area contributed by atoms with E-state index < -0.39 is 0 Å². The monoisotopic (exact) mass is 501 g/mol. The summed E-state index contributed by atoms with van der Waals surface area (Å²) < 4.78 is 0. The van der Waals surface area contributed by atoms with Crippen molar-refractivity contribution in [1.82, 2.24) is 0 Å². The van der Waals surface area contributed by atoms with Gasteiger partial charge in [-0.1, -0.05) is 113 Å². The van der Waals surface area contributed by atoms with Crippen LogP contribution in [-0.2, 0) is 19.3 Å². The van der Waals surface area contributed by atoms with Crippen molar-refractivity contribution >= 4 is 23.0 Å². The quantitative estimate of drug-likeness (QED) is 0.202. The Hall–Kier alpha value is -3.58. The number of anilines is 2. The minimum atomic E-state index is 1.09. The molecule has 1 heteroatoms. The molecule has 0 atom stereocenters. The van der Waals surface area contributed by atoms with Crippen LogP contribution >= 0.6 is 0 Å². The van der Waals surface area contributed by atoms with Gasteiger partial charge in [0.1, 0.15) is 0 Å². The Kier molecular flexibility index (Phi) is 9.60. The molecule has 4 rings (SSSR count). The summed E-state index contributed by atoms with van der Waals surface area (Å²) in [5, 5.41) is 3.68. The van der Waals surface area contributed by atoms with Crippen molar-refractivity contribution in [3.8, 4) is 0 Å². The van der Waals surface area contributed by atoms with Gasteiger partial charge in [0.25, 0.3) is 0 Å². The molecule has 0 heterocycles. The van der Waals surface area contributed by atoms with E-state index in [9.17, 15) is 0 Å². The molecule has 0 amide bonds. The second-order valence-electron chi connectivity index (χ2n) is 10.5. The molecule has 0 spiro atoms. The van der Waals surface area contributed by atoms with E-state index in [1.807, 2.05) is 0 Å². The van der Waals surface area contributed by atoms with Gasteiger partial charge in [-0.3, -0.25) is 0 Å². The van der Waals surface area contributed by atoms with Gasteiger partial charge in [0.15, 0.2) is 0 Å². The minimum Gasteiger partial charge on any atom is -0.355 e. The molecule has 0 aliphatic carbocycles. The highest BCUT2D eigenvalue weighted by Gasteiger charge is 2.12. The molecular formula is C37H43N. The second kappa shape index (κ2) is 13.3. The number of aryl methyl sites for hydroxylation is 5. The lowest BCUT2D eigenvalue weighted by Gasteiger charge is -2.16. The summed E-state index contributed by atoms with van der Waals surface area (Å²) in [7, 11) is 0. The average Bonchev–Trinajstić information content (AvgIpc) is 2.92. The van der Waals surface area contributed by atoms with E-state index >= 15 is 0 Å². The number of nitrogens with one attached hydrogen (secondary N) is 1. The first-order valence-electron chi connectivity index (χ1n) is 14.4. The molecule has 0 unspecified atom stereocenters. The molecule has 196 valence electrons. The van der Waals surface area contributed by atoms with Crippen LogP contribution in [-0.4, -0.2) is 0 Å². The molecule has 4 aromatic rings. The Labute approximate surface area is 230 Å². The average molecular weight is 502 g/mol. The molecule has 0 fully saturated rings. The van der Waals surface area contributed by atoms with Crippen molar-refractivity contribution in [2.75, 3.05) is 5.32 Å². The SMILES string of the molecule is CCCc1cc(C)c(Nc2ccc(/C=C(\c3ccccc3)c3ccc(CCC)cc3CCC)cc2)c(C)c1. The van der Waals surface area contributed by atoms with Gasteiger partial charge in [-0.05, 0) is 101 Å². The van der Waals surface area contributed by atoms with Crippen LogP contribution in [0.15, 0.2) is 84.9 Å². The lowest BCUT2D eigenvalue weighted by molar-refractivity contribution is 0.893. The highest BCUT2D eigenvalue weighted by atomic mass is 14.9. The molecule has 0 aliphatic heterocycles. The Morgan fingerprint density at radius 3 is 1.92 bits per heavy atom. The van der Waals surface area contributed by atoms with Crippen LogP contribution in [0.25, 0.3) is 11.6 Å². The third kappa shape index (κ3) is 6.84. The van der Waals surface area contributed by atoms with E-state index in [2.05, 4.69) is 131 Å². The molecular weight excluding hydrogens is 458 g/mol. The predicted molar refractivity (Wildman–Crippen MR) is 167 cm³/mol. The smallest absolute Gasteiger partial charge is 0.0443 e. The van der Waals surface area contributed by atoms with Gasteiger partial charge in [0.2, 0.25) is 0 Å². The van der Waals surface area contributed by atoms with Gasteiger partial charge in [-0.25, -0.2) is 0 Å². The Bertz CT molecular complexity index is 1340. The molecule has 0 saturated carbocycles. The van der Waals surface area contributed by atoms with E-state index in [1.165, 1.54) is 68.6 Å². The fourth-order valence-corrected chi connectivity index (χ4v) is 5.42. The summed E-state index contributed by atoms with van der Waals surface area (Å²) in [5.74, 6) is 0. The van der Waals surface area contributed by atoms with Gasteiger partial charge >= 0.3 is 0 Å². The number of benzene rings is 4. The van der Waals surface area contributed by atoms with Crippen molar-refractivity contribution in [2.24, 2.45) is 0 Å². The van der Waals surface area contributed by atoms with E-state index in [-0.39, 0.29) is 0 Å². The third-order valence-electron chi connectivity index (χ3n) is 7.22. The first-order chi connectivity index (χ1) is 18.5. The van der Waals surface area contributed by atoms with Crippen molar-refractivity contribution in [1.29, 1.82) is 0 Å². The molecule has 0 aromatic heterocycles. The van der Waals surface area contributed by atoms with Crippen LogP contribution in [0, 0.1) is 13.8 Å². The molecule has 0 aliphatic rings. The zero-order chi connectivity index (χ0) is 26.9. The molecule has 38 heavy (non-hydrogen) atoms. The van der Waals surface area contributed by atoms with E-state index in [4.69, 9.17) is 0 Å². The lowest BCUT2D eigenvalue weighted by Crippen LogP contribution is -1.99. The number of hydrogen-bond donors (Lipinski definition) is 1. The maximum Gasteiger partial charge on any atom is 0.0443 e. The highest BCUT2D eigenvalue weighted by molar-refractivity contribution is 5.92. The van der Waals surface area contributed by atoms with Crippen LogP contribution < -0.4 is 5.32 Å². The van der Waals surface area contributed by atoms with Gasteiger partial charge in [-0.15, -0.1) is 0 Å².